The number of halogens is 4. The Kier molecular flexibility index (Phi) is 6.74. The van der Waals surface area contributed by atoms with Gasteiger partial charge in [-0.1, -0.05) is 6.07 Å². The lowest BCUT2D eigenvalue weighted by atomic mass is 9.89. The lowest BCUT2D eigenvalue weighted by Gasteiger charge is -2.32. The van der Waals surface area contributed by atoms with Crippen LogP contribution in [0.3, 0.4) is 0 Å². The van der Waals surface area contributed by atoms with Gasteiger partial charge in [-0.2, -0.15) is 13.2 Å². The second kappa shape index (κ2) is 8.64. The number of benzene rings is 1. The zero-order valence-corrected chi connectivity index (χ0v) is 15.5. The normalized spacial score (nSPS) is 16.3. The van der Waals surface area contributed by atoms with Gasteiger partial charge in [0.25, 0.3) is 0 Å². The summed E-state index contributed by atoms with van der Waals surface area (Å²) in [4.78, 5) is 17.4. The van der Waals surface area contributed by atoms with Crippen molar-refractivity contribution in [3.8, 4) is 0 Å². The van der Waals surface area contributed by atoms with E-state index in [0.29, 0.717) is 38.4 Å². The molecular weight excluding hydrogens is 384 g/mol. The fourth-order valence-corrected chi connectivity index (χ4v) is 3.13. The molecule has 1 heterocycles. The van der Waals surface area contributed by atoms with Crippen LogP contribution in [0.5, 0.6) is 0 Å². The van der Waals surface area contributed by atoms with Gasteiger partial charge in [0, 0.05) is 13.1 Å². The van der Waals surface area contributed by atoms with Crippen molar-refractivity contribution in [2.75, 3.05) is 13.1 Å². The van der Waals surface area contributed by atoms with Crippen LogP contribution in [0.1, 0.15) is 30.9 Å². The number of amides is 2. The molecule has 1 saturated heterocycles. The number of carbonyl (C=O) groups excluding carboxylic acids is 1. The topological polar surface area (TPSA) is 70.7 Å². The van der Waals surface area contributed by atoms with Crippen molar-refractivity contribution >= 4 is 29.2 Å². The molecule has 1 aliphatic rings. The van der Waals surface area contributed by atoms with E-state index in [-0.39, 0.29) is 28.5 Å². The number of rotatable bonds is 2. The van der Waals surface area contributed by atoms with Gasteiger partial charge in [-0.25, -0.2) is 14.2 Å². The van der Waals surface area contributed by atoms with E-state index < -0.39 is 17.6 Å². The molecule has 0 aromatic heterocycles. The largest absolute Gasteiger partial charge is 0.416 e. The molecule has 148 valence electrons. The molecule has 1 aliphatic heterocycles. The van der Waals surface area contributed by atoms with Crippen molar-refractivity contribution < 1.29 is 22.4 Å². The van der Waals surface area contributed by atoms with Crippen molar-refractivity contribution in [2.45, 2.75) is 32.4 Å². The molecule has 0 radical (unpaired) electrons. The first-order valence-electron chi connectivity index (χ1n) is 8.32. The van der Waals surface area contributed by atoms with E-state index in [2.05, 4.69) is 10.3 Å². The molecule has 0 aliphatic carbocycles. The highest BCUT2D eigenvalue weighted by Crippen LogP contribution is 2.31. The molecule has 0 bridgehead atoms. The first-order valence-corrected chi connectivity index (χ1v) is 8.73. The predicted octanol–water partition coefficient (Wildman–Crippen LogP) is 3.47. The van der Waals surface area contributed by atoms with Crippen LogP contribution in [0.15, 0.2) is 23.2 Å². The van der Waals surface area contributed by atoms with Crippen LogP contribution in [-0.4, -0.2) is 35.0 Å². The van der Waals surface area contributed by atoms with Gasteiger partial charge < -0.3 is 10.6 Å². The van der Waals surface area contributed by atoms with E-state index in [4.69, 9.17) is 18.0 Å². The molecule has 3 N–H and O–H groups in total. The van der Waals surface area contributed by atoms with E-state index in [0.717, 1.165) is 6.07 Å². The number of amidine groups is 1. The molecule has 0 spiro atoms. The second-order valence-corrected chi connectivity index (χ2v) is 6.81. The fraction of sp³-hybridized carbons (Fsp3) is 0.471. The van der Waals surface area contributed by atoms with Gasteiger partial charge in [-0.05, 0) is 62.0 Å². The first-order chi connectivity index (χ1) is 12.6. The van der Waals surface area contributed by atoms with Crippen LogP contribution in [0.2, 0.25) is 0 Å². The molecule has 10 heteroatoms. The fourth-order valence-electron chi connectivity index (χ4n) is 2.90. The summed E-state index contributed by atoms with van der Waals surface area (Å²) >= 11 is 4.89. The van der Waals surface area contributed by atoms with Gasteiger partial charge in [0.2, 0.25) is 5.11 Å². The highest BCUT2D eigenvalue weighted by Gasteiger charge is 2.31. The maximum atomic E-state index is 14.0. The van der Waals surface area contributed by atoms with E-state index >= 15 is 0 Å². The zero-order valence-electron chi connectivity index (χ0n) is 14.6. The van der Waals surface area contributed by atoms with Gasteiger partial charge in [-0.15, -0.1) is 0 Å². The molecule has 27 heavy (non-hydrogen) atoms. The molecule has 0 unspecified atom stereocenters. The number of nitrogens with zero attached hydrogens (tertiary/aromatic N) is 2. The number of aliphatic imine (C=N–C) groups is 1. The lowest BCUT2D eigenvalue weighted by Crippen LogP contribution is -2.46. The third kappa shape index (κ3) is 6.16. The van der Waals surface area contributed by atoms with Crippen LogP contribution in [0.25, 0.3) is 0 Å². The van der Waals surface area contributed by atoms with E-state index in [1.165, 1.54) is 6.07 Å². The molecule has 1 aromatic carbocycles. The van der Waals surface area contributed by atoms with Gasteiger partial charge in [0.1, 0.15) is 5.82 Å². The molecule has 1 fully saturated rings. The van der Waals surface area contributed by atoms with Crippen molar-refractivity contribution in [1.82, 2.24) is 10.2 Å². The van der Waals surface area contributed by atoms with Crippen molar-refractivity contribution in [3.63, 3.8) is 0 Å². The van der Waals surface area contributed by atoms with E-state index in [9.17, 15) is 22.4 Å². The summed E-state index contributed by atoms with van der Waals surface area (Å²) in [6.07, 6.45) is -3.01. The summed E-state index contributed by atoms with van der Waals surface area (Å²) < 4.78 is 51.8. The quantitative estimate of drug-likeness (QED) is 0.343. The number of alkyl halides is 3. The number of piperidine rings is 1. The third-order valence-corrected chi connectivity index (χ3v) is 4.48. The number of urea groups is 1. The number of carbonyl (C=O) groups is 1. The minimum absolute atomic E-state index is 0.0195. The highest BCUT2D eigenvalue weighted by molar-refractivity contribution is 7.80. The summed E-state index contributed by atoms with van der Waals surface area (Å²) in [6.45, 7) is 2.42. The molecule has 2 amide bonds. The van der Waals surface area contributed by atoms with Crippen molar-refractivity contribution in [1.29, 1.82) is 0 Å². The van der Waals surface area contributed by atoms with Crippen LogP contribution in [-0.2, 0) is 12.6 Å². The summed E-state index contributed by atoms with van der Waals surface area (Å²) in [5.74, 6) is -0.542. The minimum atomic E-state index is -4.56. The van der Waals surface area contributed by atoms with Gasteiger partial charge >= 0.3 is 12.2 Å². The number of hydrogen-bond donors (Lipinski definition) is 2. The maximum Gasteiger partial charge on any atom is 0.416 e. The predicted molar refractivity (Wildman–Crippen MR) is 97.8 cm³/mol. The monoisotopic (exact) mass is 404 g/mol. The van der Waals surface area contributed by atoms with Gasteiger partial charge in [-0.3, -0.25) is 5.32 Å². The van der Waals surface area contributed by atoms with Crippen LogP contribution < -0.4 is 11.1 Å². The summed E-state index contributed by atoms with van der Waals surface area (Å²) in [5, 5.41) is 2.44. The summed E-state index contributed by atoms with van der Waals surface area (Å²) in [5.41, 5.74) is 4.64. The molecule has 1 aromatic rings. The van der Waals surface area contributed by atoms with E-state index in [1.54, 1.807) is 11.8 Å². The second-order valence-electron chi connectivity index (χ2n) is 6.43. The van der Waals surface area contributed by atoms with Crippen molar-refractivity contribution in [2.24, 2.45) is 16.6 Å². The Morgan fingerprint density at radius 3 is 2.52 bits per heavy atom. The number of nitrogens with one attached hydrogen (secondary N) is 1. The standard InChI is InChI=1S/C17H20F4N4OS/c1-10(22)23-15(27)24-16(26)25-6-4-11(5-7-25)8-12-2-3-13(9-14(12)18)17(19,20)21/h2-3,9,11H,4-8H2,1H3,(H3,22,23,24,26,27). The average Bonchev–Trinajstić information content (AvgIpc) is 2.55. The maximum absolute atomic E-state index is 14.0. The van der Waals surface area contributed by atoms with Crippen LogP contribution in [0.4, 0.5) is 22.4 Å². The summed E-state index contributed by atoms with van der Waals surface area (Å²) in [6, 6.07) is 2.22. The van der Waals surface area contributed by atoms with Crippen LogP contribution in [0, 0.1) is 11.7 Å². The molecular formula is C17H20F4N4OS. The Labute approximate surface area is 159 Å². The van der Waals surface area contributed by atoms with Crippen LogP contribution >= 0.6 is 12.2 Å². The number of likely N-dealkylation sites (tertiary alicyclic amines) is 1. The van der Waals surface area contributed by atoms with Gasteiger partial charge in [0.15, 0.2) is 0 Å². The molecule has 5 nitrogen and oxygen atoms in total. The van der Waals surface area contributed by atoms with Gasteiger partial charge in [0.05, 0.1) is 11.4 Å². The smallest absolute Gasteiger partial charge is 0.387 e. The Morgan fingerprint density at radius 2 is 2.00 bits per heavy atom. The minimum Gasteiger partial charge on any atom is -0.387 e. The zero-order chi connectivity index (χ0) is 20.2. The Morgan fingerprint density at radius 1 is 1.37 bits per heavy atom. The third-order valence-electron chi connectivity index (χ3n) is 4.28. The average molecular weight is 404 g/mol. The molecule has 0 saturated carbocycles. The number of nitrogens with two attached hydrogens (primary N) is 1. The Bertz CT molecular complexity index is 739. The number of hydrogen-bond acceptors (Lipinski definition) is 2. The summed E-state index contributed by atoms with van der Waals surface area (Å²) in [7, 11) is 0. The Hall–Kier alpha value is -2.23. The SMILES string of the molecule is C/C(N)=N/C(=S)NC(=O)N1CCC(Cc2ccc(C(F)(F)F)cc2F)CC1. The molecule has 0 atom stereocenters. The first kappa shape index (κ1) is 21.1. The molecule has 2 rings (SSSR count). The lowest BCUT2D eigenvalue weighted by molar-refractivity contribution is -0.137. The number of thiocarbonyl (C=S) groups is 1. The highest BCUT2D eigenvalue weighted by atomic mass is 32.1. The van der Waals surface area contributed by atoms with E-state index in [1.807, 2.05) is 0 Å². The Balaban J connectivity index is 1.88. The van der Waals surface area contributed by atoms with Crippen molar-refractivity contribution in [3.05, 3.63) is 35.1 Å².